The van der Waals surface area contributed by atoms with Crippen molar-refractivity contribution in [2.75, 3.05) is 17.3 Å². The predicted octanol–water partition coefficient (Wildman–Crippen LogP) is 2.51. The molecule has 1 amide bonds. The van der Waals surface area contributed by atoms with Gasteiger partial charge in [0.1, 0.15) is 0 Å². The van der Waals surface area contributed by atoms with E-state index in [4.69, 9.17) is 11.6 Å². The van der Waals surface area contributed by atoms with Crippen molar-refractivity contribution in [3.63, 3.8) is 0 Å². The summed E-state index contributed by atoms with van der Waals surface area (Å²) in [6.45, 7) is 1.99. The van der Waals surface area contributed by atoms with Crippen molar-refractivity contribution in [2.24, 2.45) is 0 Å². The second kappa shape index (κ2) is 3.74. The Morgan fingerprint density at radius 3 is 3.00 bits per heavy atom. The topological polar surface area (TPSA) is 32.3 Å². The molecule has 0 aliphatic carbocycles. The van der Waals surface area contributed by atoms with Gasteiger partial charge >= 0.3 is 0 Å². The van der Waals surface area contributed by atoms with Gasteiger partial charge in [0.25, 0.3) is 0 Å². The number of nitrogens with zero attached hydrogens (tertiary/aromatic N) is 1. The quantitative estimate of drug-likeness (QED) is 0.735. The van der Waals surface area contributed by atoms with E-state index in [-0.39, 0.29) is 11.9 Å². The van der Waals surface area contributed by atoms with Gasteiger partial charge in [-0.05, 0) is 19.1 Å². The zero-order valence-electron chi connectivity index (χ0n) is 8.75. The van der Waals surface area contributed by atoms with Crippen molar-refractivity contribution in [3.8, 4) is 0 Å². The highest BCUT2D eigenvalue weighted by Gasteiger charge is 2.24. The van der Waals surface area contributed by atoms with E-state index in [1.165, 1.54) is 0 Å². The van der Waals surface area contributed by atoms with E-state index in [1.54, 1.807) is 18.0 Å². The minimum Gasteiger partial charge on any atom is -0.380 e. The molecule has 1 heterocycles. The predicted molar refractivity (Wildman–Crippen MR) is 62.6 cm³/mol. The molecule has 1 aromatic carbocycles. The lowest BCUT2D eigenvalue weighted by Gasteiger charge is -2.18. The van der Waals surface area contributed by atoms with Gasteiger partial charge in [0.2, 0.25) is 5.91 Å². The summed E-state index contributed by atoms with van der Waals surface area (Å²) >= 11 is 6.09. The Bertz CT molecular complexity index is 406. The lowest BCUT2D eigenvalue weighted by Crippen LogP contribution is -2.27. The summed E-state index contributed by atoms with van der Waals surface area (Å²) in [6.07, 6.45) is 0.488. The van der Waals surface area contributed by atoms with Gasteiger partial charge in [-0.2, -0.15) is 0 Å². The van der Waals surface area contributed by atoms with Crippen molar-refractivity contribution in [3.05, 3.63) is 23.2 Å². The van der Waals surface area contributed by atoms with Crippen LogP contribution in [0.4, 0.5) is 11.4 Å². The van der Waals surface area contributed by atoms with Gasteiger partial charge in [-0.25, -0.2) is 0 Å². The Hall–Kier alpha value is -1.22. The van der Waals surface area contributed by atoms with Crippen molar-refractivity contribution >= 4 is 28.9 Å². The van der Waals surface area contributed by atoms with Crippen LogP contribution in [0, 0.1) is 0 Å². The third-order valence-corrected chi connectivity index (χ3v) is 2.88. The lowest BCUT2D eigenvalue weighted by atomic mass is 10.2. The molecule has 0 radical (unpaired) electrons. The number of carbonyl (C=O) groups is 1. The van der Waals surface area contributed by atoms with Crippen LogP contribution in [0.15, 0.2) is 18.2 Å². The third kappa shape index (κ3) is 1.79. The van der Waals surface area contributed by atoms with E-state index in [0.29, 0.717) is 11.4 Å². The largest absolute Gasteiger partial charge is 0.380 e. The SMILES string of the molecule is CC1CC(=O)N(C)c2c(Cl)cccc2N1. The fourth-order valence-electron chi connectivity index (χ4n) is 1.81. The number of hydrogen-bond acceptors (Lipinski definition) is 2. The van der Waals surface area contributed by atoms with Crippen molar-refractivity contribution in [2.45, 2.75) is 19.4 Å². The molecule has 1 N–H and O–H groups in total. The molecular formula is C11H13ClN2O. The summed E-state index contributed by atoms with van der Waals surface area (Å²) in [4.78, 5) is 13.4. The molecule has 1 unspecified atom stereocenters. The average Bonchev–Trinajstić information content (AvgIpc) is 2.26. The van der Waals surface area contributed by atoms with Gasteiger partial charge in [0.05, 0.1) is 16.4 Å². The van der Waals surface area contributed by atoms with Crippen LogP contribution in [0.3, 0.4) is 0 Å². The zero-order chi connectivity index (χ0) is 11.0. The van der Waals surface area contributed by atoms with Gasteiger partial charge in [0, 0.05) is 19.5 Å². The lowest BCUT2D eigenvalue weighted by molar-refractivity contribution is -0.118. The Morgan fingerprint density at radius 1 is 1.53 bits per heavy atom. The maximum atomic E-state index is 11.8. The van der Waals surface area contributed by atoms with Gasteiger partial charge in [-0.3, -0.25) is 4.79 Å². The number of para-hydroxylation sites is 1. The smallest absolute Gasteiger partial charge is 0.228 e. The molecule has 0 spiro atoms. The van der Waals surface area contributed by atoms with Crippen molar-refractivity contribution in [1.29, 1.82) is 0 Å². The van der Waals surface area contributed by atoms with E-state index in [1.807, 2.05) is 19.1 Å². The first kappa shape index (κ1) is 10.3. The van der Waals surface area contributed by atoms with Gasteiger partial charge < -0.3 is 10.2 Å². The summed E-state index contributed by atoms with van der Waals surface area (Å²) in [5.41, 5.74) is 1.69. The van der Waals surface area contributed by atoms with Crippen LogP contribution in [0.5, 0.6) is 0 Å². The molecule has 1 aromatic rings. The first-order chi connectivity index (χ1) is 7.09. The second-order valence-electron chi connectivity index (χ2n) is 3.84. The van der Waals surface area contributed by atoms with Crippen LogP contribution in [0.25, 0.3) is 0 Å². The average molecular weight is 225 g/mol. The second-order valence-corrected chi connectivity index (χ2v) is 4.25. The minimum absolute atomic E-state index is 0.0850. The highest BCUT2D eigenvalue weighted by molar-refractivity contribution is 6.34. The Labute approximate surface area is 94.0 Å². The monoisotopic (exact) mass is 224 g/mol. The summed E-state index contributed by atoms with van der Waals surface area (Å²) in [7, 11) is 1.76. The standard InChI is InChI=1S/C11H13ClN2O/c1-7-6-10(15)14(2)11-8(12)4-3-5-9(11)13-7/h3-5,7,13H,6H2,1-2H3. The number of amides is 1. The van der Waals surface area contributed by atoms with Crippen LogP contribution in [0.1, 0.15) is 13.3 Å². The van der Waals surface area contributed by atoms with Crippen LogP contribution < -0.4 is 10.2 Å². The fraction of sp³-hybridized carbons (Fsp3) is 0.364. The summed E-state index contributed by atoms with van der Waals surface area (Å²) < 4.78 is 0. The number of fused-ring (bicyclic) bond motifs is 1. The number of rotatable bonds is 0. The minimum atomic E-state index is 0.0850. The molecule has 0 bridgehead atoms. The highest BCUT2D eigenvalue weighted by Crippen LogP contribution is 2.35. The molecule has 3 nitrogen and oxygen atoms in total. The number of benzene rings is 1. The third-order valence-electron chi connectivity index (χ3n) is 2.58. The molecular weight excluding hydrogens is 212 g/mol. The summed E-state index contributed by atoms with van der Waals surface area (Å²) in [5, 5.41) is 3.88. The molecule has 80 valence electrons. The Balaban J connectivity index is 2.55. The van der Waals surface area contributed by atoms with Crippen LogP contribution in [0.2, 0.25) is 5.02 Å². The molecule has 2 rings (SSSR count). The zero-order valence-corrected chi connectivity index (χ0v) is 9.51. The molecule has 1 atom stereocenters. The fourth-order valence-corrected chi connectivity index (χ4v) is 2.11. The van der Waals surface area contributed by atoms with Gasteiger partial charge in [-0.1, -0.05) is 17.7 Å². The highest BCUT2D eigenvalue weighted by atomic mass is 35.5. The molecule has 15 heavy (non-hydrogen) atoms. The van der Waals surface area contributed by atoms with Crippen molar-refractivity contribution < 1.29 is 4.79 Å². The Kier molecular flexibility index (Phi) is 2.57. The van der Waals surface area contributed by atoms with Crippen LogP contribution in [-0.2, 0) is 4.79 Å². The van der Waals surface area contributed by atoms with E-state index >= 15 is 0 Å². The maximum absolute atomic E-state index is 11.8. The number of carbonyl (C=O) groups excluding carboxylic acids is 1. The molecule has 0 fully saturated rings. The molecule has 0 saturated carbocycles. The normalized spacial score (nSPS) is 20.6. The summed E-state index contributed by atoms with van der Waals surface area (Å²) in [6, 6.07) is 5.75. The van der Waals surface area contributed by atoms with E-state index in [2.05, 4.69) is 5.32 Å². The first-order valence-electron chi connectivity index (χ1n) is 4.91. The van der Waals surface area contributed by atoms with Gasteiger partial charge in [-0.15, -0.1) is 0 Å². The maximum Gasteiger partial charge on any atom is 0.228 e. The van der Waals surface area contributed by atoms with Crippen LogP contribution in [-0.4, -0.2) is 19.0 Å². The molecule has 1 aliphatic rings. The van der Waals surface area contributed by atoms with E-state index in [0.717, 1.165) is 11.4 Å². The number of nitrogens with one attached hydrogen (secondary N) is 1. The van der Waals surface area contributed by atoms with Crippen LogP contribution >= 0.6 is 11.6 Å². The molecule has 0 aromatic heterocycles. The molecule has 4 heteroatoms. The van der Waals surface area contributed by atoms with E-state index in [9.17, 15) is 4.79 Å². The first-order valence-corrected chi connectivity index (χ1v) is 5.29. The van der Waals surface area contributed by atoms with Crippen molar-refractivity contribution in [1.82, 2.24) is 0 Å². The Morgan fingerprint density at radius 2 is 2.27 bits per heavy atom. The van der Waals surface area contributed by atoms with Gasteiger partial charge in [0.15, 0.2) is 0 Å². The van der Waals surface area contributed by atoms with E-state index < -0.39 is 0 Å². The number of halogens is 1. The molecule has 0 saturated heterocycles. The summed E-state index contributed by atoms with van der Waals surface area (Å²) in [5.74, 6) is 0.0850. The molecule has 1 aliphatic heterocycles. The number of anilines is 2. The number of hydrogen-bond donors (Lipinski definition) is 1.